The molecule has 0 aromatic carbocycles. The molecule has 0 spiro atoms. The molecule has 0 radical (unpaired) electrons. The third-order valence-corrected chi connectivity index (χ3v) is 5.25. The fourth-order valence-electron chi connectivity index (χ4n) is 1.69. The lowest BCUT2D eigenvalue weighted by atomic mass is 10.3. The highest BCUT2D eigenvalue weighted by molar-refractivity contribution is 7.93. The smallest absolute Gasteiger partial charge is 0.263 e. The quantitative estimate of drug-likeness (QED) is 0.871. The fraction of sp³-hybridized carbons (Fsp3) is 0.273. The zero-order chi connectivity index (χ0) is 13.9. The summed E-state index contributed by atoms with van der Waals surface area (Å²) >= 11 is 1.43. The lowest BCUT2D eigenvalue weighted by Gasteiger charge is -2.09. The summed E-state index contributed by atoms with van der Waals surface area (Å²) in [4.78, 5) is 8.68. The van der Waals surface area contributed by atoms with Gasteiger partial charge in [0.05, 0.1) is 18.1 Å². The summed E-state index contributed by atoms with van der Waals surface area (Å²) in [6.45, 7) is 2.30. The second-order valence-corrected chi connectivity index (χ2v) is 6.52. The van der Waals surface area contributed by atoms with E-state index in [-0.39, 0.29) is 0 Å². The van der Waals surface area contributed by atoms with Gasteiger partial charge in [-0.2, -0.15) is 0 Å². The van der Waals surface area contributed by atoms with Crippen LogP contribution in [0.1, 0.15) is 10.4 Å². The Labute approximate surface area is 116 Å². The molecule has 0 aliphatic heterocycles. The van der Waals surface area contributed by atoms with Crippen LogP contribution in [0.5, 0.6) is 0 Å². The first-order chi connectivity index (χ1) is 9.04. The molecule has 0 saturated heterocycles. The monoisotopic (exact) mass is 298 g/mol. The van der Waals surface area contributed by atoms with Crippen molar-refractivity contribution in [3.05, 3.63) is 34.5 Å². The SMILES string of the molecule is CNCc1scc(C)c1S(=O)(=O)Nc1cncnc1. The third-order valence-electron chi connectivity index (χ3n) is 2.41. The van der Waals surface area contributed by atoms with Gasteiger partial charge < -0.3 is 5.32 Å². The minimum Gasteiger partial charge on any atom is -0.315 e. The van der Waals surface area contributed by atoms with E-state index < -0.39 is 10.0 Å². The van der Waals surface area contributed by atoms with Crippen LogP contribution in [0.15, 0.2) is 29.0 Å². The minimum atomic E-state index is -3.61. The molecule has 2 aromatic heterocycles. The second kappa shape index (κ2) is 5.64. The summed E-state index contributed by atoms with van der Waals surface area (Å²) in [7, 11) is -1.83. The molecule has 0 saturated carbocycles. The number of rotatable bonds is 5. The number of thiophene rings is 1. The summed E-state index contributed by atoms with van der Waals surface area (Å²) in [6.07, 6.45) is 4.19. The molecule has 102 valence electrons. The van der Waals surface area contributed by atoms with Gasteiger partial charge in [0.2, 0.25) is 0 Å². The van der Waals surface area contributed by atoms with Crippen LogP contribution in [0.2, 0.25) is 0 Å². The number of aromatic nitrogens is 2. The highest BCUT2D eigenvalue weighted by atomic mass is 32.2. The number of hydrogen-bond donors (Lipinski definition) is 2. The van der Waals surface area contributed by atoms with Gasteiger partial charge in [-0.25, -0.2) is 18.4 Å². The average molecular weight is 298 g/mol. The number of nitrogens with zero attached hydrogens (tertiary/aromatic N) is 2. The van der Waals surface area contributed by atoms with E-state index in [1.54, 1.807) is 14.0 Å². The first kappa shape index (κ1) is 13.9. The fourth-order valence-corrected chi connectivity index (χ4v) is 4.54. The lowest BCUT2D eigenvalue weighted by Crippen LogP contribution is -2.17. The molecule has 0 unspecified atom stereocenters. The van der Waals surface area contributed by atoms with E-state index in [0.717, 1.165) is 10.4 Å². The molecule has 0 amide bonds. The van der Waals surface area contributed by atoms with E-state index in [9.17, 15) is 8.42 Å². The van der Waals surface area contributed by atoms with Crippen molar-refractivity contribution < 1.29 is 8.42 Å². The van der Waals surface area contributed by atoms with Gasteiger partial charge in [0.15, 0.2) is 0 Å². The molecule has 0 fully saturated rings. The van der Waals surface area contributed by atoms with Gasteiger partial charge in [0.25, 0.3) is 10.0 Å². The molecule has 19 heavy (non-hydrogen) atoms. The van der Waals surface area contributed by atoms with Crippen LogP contribution in [-0.2, 0) is 16.6 Å². The zero-order valence-corrected chi connectivity index (χ0v) is 12.2. The van der Waals surface area contributed by atoms with Gasteiger partial charge in [-0.05, 0) is 24.9 Å². The van der Waals surface area contributed by atoms with E-state index in [1.807, 2.05) is 5.38 Å². The average Bonchev–Trinajstić information content (AvgIpc) is 2.72. The predicted octanol–water partition coefficient (Wildman–Crippen LogP) is 1.37. The maximum atomic E-state index is 12.4. The number of hydrogen-bond acceptors (Lipinski definition) is 6. The summed E-state index contributed by atoms with van der Waals surface area (Å²) in [6, 6.07) is 0. The topological polar surface area (TPSA) is 84.0 Å². The van der Waals surface area contributed by atoms with Crippen LogP contribution >= 0.6 is 11.3 Å². The molecule has 0 aliphatic carbocycles. The van der Waals surface area contributed by atoms with Crippen LogP contribution in [0.25, 0.3) is 0 Å². The molecule has 6 nitrogen and oxygen atoms in total. The van der Waals surface area contributed by atoms with Crippen LogP contribution in [-0.4, -0.2) is 25.4 Å². The van der Waals surface area contributed by atoms with Crippen molar-refractivity contribution >= 4 is 27.0 Å². The standard InChI is InChI=1S/C11H14N4O2S2/c1-8-6-18-10(5-12-2)11(8)19(16,17)15-9-3-13-7-14-4-9/h3-4,6-7,12,15H,5H2,1-2H3. The lowest BCUT2D eigenvalue weighted by molar-refractivity contribution is 0.599. The van der Waals surface area contributed by atoms with E-state index >= 15 is 0 Å². The van der Waals surface area contributed by atoms with Crippen molar-refractivity contribution in [1.29, 1.82) is 0 Å². The maximum absolute atomic E-state index is 12.4. The Kier molecular flexibility index (Phi) is 4.13. The van der Waals surface area contributed by atoms with Crippen LogP contribution in [0.4, 0.5) is 5.69 Å². The summed E-state index contributed by atoms with van der Waals surface area (Å²) in [5.74, 6) is 0. The number of nitrogens with one attached hydrogen (secondary N) is 2. The first-order valence-electron chi connectivity index (χ1n) is 5.54. The molecule has 2 heterocycles. The van der Waals surface area contributed by atoms with Crippen molar-refractivity contribution in [2.24, 2.45) is 0 Å². The summed E-state index contributed by atoms with van der Waals surface area (Å²) in [5, 5.41) is 4.80. The van der Waals surface area contributed by atoms with Gasteiger partial charge in [-0.3, -0.25) is 4.72 Å². The molecule has 2 rings (SSSR count). The molecular formula is C11H14N4O2S2. The Morgan fingerprint density at radius 1 is 1.32 bits per heavy atom. The molecular weight excluding hydrogens is 284 g/mol. The van der Waals surface area contributed by atoms with Crippen LogP contribution in [0.3, 0.4) is 0 Å². The van der Waals surface area contributed by atoms with Crippen molar-refractivity contribution in [2.45, 2.75) is 18.4 Å². The Morgan fingerprint density at radius 3 is 2.63 bits per heavy atom. The zero-order valence-electron chi connectivity index (χ0n) is 10.5. The first-order valence-corrected chi connectivity index (χ1v) is 7.90. The number of sulfonamides is 1. The molecule has 0 atom stereocenters. The highest BCUT2D eigenvalue weighted by Gasteiger charge is 2.22. The number of anilines is 1. The Balaban J connectivity index is 2.37. The van der Waals surface area contributed by atoms with Gasteiger partial charge in [0, 0.05) is 11.4 Å². The van der Waals surface area contributed by atoms with Crippen molar-refractivity contribution in [1.82, 2.24) is 15.3 Å². The molecule has 2 N–H and O–H groups in total. The van der Waals surface area contributed by atoms with Crippen molar-refractivity contribution in [3.63, 3.8) is 0 Å². The van der Waals surface area contributed by atoms with E-state index in [1.165, 1.54) is 30.1 Å². The molecule has 8 heteroatoms. The third kappa shape index (κ3) is 3.09. The van der Waals surface area contributed by atoms with Gasteiger partial charge in [-0.15, -0.1) is 11.3 Å². The Bertz CT molecular complexity index is 653. The summed E-state index contributed by atoms with van der Waals surface area (Å²) < 4.78 is 27.3. The highest BCUT2D eigenvalue weighted by Crippen LogP contribution is 2.28. The van der Waals surface area contributed by atoms with Crippen molar-refractivity contribution in [3.8, 4) is 0 Å². The summed E-state index contributed by atoms with van der Waals surface area (Å²) in [5.41, 5.74) is 1.09. The van der Waals surface area contributed by atoms with Gasteiger partial charge in [0.1, 0.15) is 11.2 Å². The molecule has 0 aliphatic rings. The maximum Gasteiger partial charge on any atom is 0.263 e. The number of aryl methyl sites for hydroxylation is 1. The Hall–Kier alpha value is -1.51. The van der Waals surface area contributed by atoms with E-state index in [4.69, 9.17) is 0 Å². The second-order valence-electron chi connectivity index (χ2n) is 3.93. The van der Waals surface area contributed by atoms with Crippen molar-refractivity contribution in [2.75, 3.05) is 11.8 Å². The van der Waals surface area contributed by atoms with Gasteiger partial charge >= 0.3 is 0 Å². The van der Waals surface area contributed by atoms with Crippen LogP contribution < -0.4 is 10.0 Å². The van der Waals surface area contributed by atoms with E-state index in [2.05, 4.69) is 20.0 Å². The van der Waals surface area contributed by atoms with Gasteiger partial charge in [-0.1, -0.05) is 0 Å². The van der Waals surface area contributed by atoms with Crippen LogP contribution in [0, 0.1) is 6.92 Å². The molecule has 0 bridgehead atoms. The largest absolute Gasteiger partial charge is 0.315 e. The molecule has 2 aromatic rings. The normalized spacial score (nSPS) is 11.5. The predicted molar refractivity (Wildman–Crippen MR) is 74.7 cm³/mol. The minimum absolute atomic E-state index is 0.329. The Morgan fingerprint density at radius 2 is 2.00 bits per heavy atom. The van der Waals surface area contributed by atoms with E-state index in [0.29, 0.717) is 17.1 Å².